The van der Waals surface area contributed by atoms with Crippen molar-refractivity contribution in [2.45, 2.75) is 26.8 Å². The highest BCUT2D eigenvalue weighted by molar-refractivity contribution is 5.77. The summed E-state index contributed by atoms with van der Waals surface area (Å²) in [5.41, 5.74) is 1.12. The Kier molecular flexibility index (Phi) is 5.24. The summed E-state index contributed by atoms with van der Waals surface area (Å²) in [6, 6.07) is 5.91. The molecule has 1 aliphatic heterocycles. The Balaban J connectivity index is 1.91. The topological polar surface area (TPSA) is 50.8 Å². The minimum Gasteiger partial charge on any atom is -0.454 e. The van der Waals surface area contributed by atoms with Crippen LogP contribution in [-0.2, 0) is 11.3 Å². The first-order chi connectivity index (χ1) is 9.72. The maximum absolute atomic E-state index is 11.8. The van der Waals surface area contributed by atoms with Gasteiger partial charge in [0.05, 0.1) is 6.54 Å². The summed E-state index contributed by atoms with van der Waals surface area (Å²) in [6.07, 6.45) is 0.958. The van der Waals surface area contributed by atoms with Crippen LogP contribution >= 0.6 is 0 Å². The van der Waals surface area contributed by atoms with Crippen LogP contribution in [0.15, 0.2) is 18.2 Å². The number of hydrogen-bond acceptors (Lipinski definition) is 4. The molecule has 5 heteroatoms. The summed E-state index contributed by atoms with van der Waals surface area (Å²) in [4.78, 5) is 13.9. The SMILES string of the molecule is CCCNC(=O)CN(CC)Cc1ccc2c(c1)OCO2. The Morgan fingerprint density at radius 1 is 1.30 bits per heavy atom. The molecule has 0 aliphatic carbocycles. The van der Waals surface area contributed by atoms with Crippen molar-refractivity contribution in [3.05, 3.63) is 23.8 Å². The normalized spacial score (nSPS) is 12.8. The maximum Gasteiger partial charge on any atom is 0.234 e. The van der Waals surface area contributed by atoms with Crippen molar-refractivity contribution in [3.8, 4) is 11.5 Å². The molecule has 0 fully saturated rings. The molecule has 5 nitrogen and oxygen atoms in total. The summed E-state index contributed by atoms with van der Waals surface area (Å²) in [5, 5.41) is 2.90. The molecule has 0 saturated heterocycles. The Labute approximate surface area is 119 Å². The lowest BCUT2D eigenvalue weighted by molar-refractivity contribution is -0.122. The zero-order chi connectivity index (χ0) is 14.4. The van der Waals surface area contributed by atoms with Gasteiger partial charge in [-0.15, -0.1) is 0 Å². The molecule has 1 amide bonds. The van der Waals surface area contributed by atoms with Gasteiger partial charge in [-0.3, -0.25) is 9.69 Å². The van der Waals surface area contributed by atoms with Crippen LogP contribution in [0.4, 0.5) is 0 Å². The number of rotatable bonds is 7. The molecule has 2 rings (SSSR count). The molecule has 0 saturated carbocycles. The highest BCUT2D eigenvalue weighted by Crippen LogP contribution is 2.32. The molecule has 0 unspecified atom stereocenters. The van der Waals surface area contributed by atoms with E-state index in [9.17, 15) is 4.79 Å². The first-order valence-corrected chi connectivity index (χ1v) is 7.10. The lowest BCUT2D eigenvalue weighted by atomic mass is 10.2. The summed E-state index contributed by atoms with van der Waals surface area (Å²) in [5.74, 6) is 1.65. The van der Waals surface area contributed by atoms with Gasteiger partial charge in [0.2, 0.25) is 12.7 Å². The van der Waals surface area contributed by atoms with Crippen LogP contribution in [0.1, 0.15) is 25.8 Å². The smallest absolute Gasteiger partial charge is 0.234 e. The van der Waals surface area contributed by atoms with Crippen LogP contribution in [-0.4, -0.2) is 37.2 Å². The third kappa shape index (κ3) is 3.87. The first-order valence-electron chi connectivity index (χ1n) is 7.10. The first kappa shape index (κ1) is 14.7. The molecule has 20 heavy (non-hydrogen) atoms. The summed E-state index contributed by atoms with van der Waals surface area (Å²) in [7, 11) is 0. The predicted octanol–water partition coefficient (Wildman–Crippen LogP) is 1.76. The number of amides is 1. The molecular weight excluding hydrogens is 256 g/mol. The number of carbonyl (C=O) groups excluding carboxylic acids is 1. The number of nitrogens with zero attached hydrogens (tertiary/aromatic N) is 1. The van der Waals surface area contributed by atoms with Gasteiger partial charge < -0.3 is 14.8 Å². The van der Waals surface area contributed by atoms with Crippen molar-refractivity contribution < 1.29 is 14.3 Å². The number of carbonyl (C=O) groups is 1. The summed E-state index contributed by atoms with van der Waals surface area (Å²) in [6.45, 7) is 7.10. The lowest BCUT2D eigenvalue weighted by Gasteiger charge is -2.20. The van der Waals surface area contributed by atoms with Gasteiger partial charge in [-0.25, -0.2) is 0 Å². The molecule has 1 aliphatic rings. The van der Waals surface area contributed by atoms with Crippen molar-refractivity contribution in [2.24, 2.45) is 0 Å². The minimum absolute atomic E-state index is 0.0782. The van der Waals surface area contributed by atoms with E-state index in [2.05, 4.69) is 17.1 Å². The Morgan fingerprint density at radius 2 is 2.10 bits per heavy atom. The van der Waals surface area contributed by atoms with E-state index in [4.69, 9.17) is 9.47 Å². The Bertz CT molecular complexity index is 462. The molecule has 0 aromatic heterocycles. The maximum atomic E-state index is 11.8. The third-order valence-electron chi connectivity index (χ3n) is 3.23. The average molecular weight is 278 g/mol. The van der Waals surface area contributed by atoms with Crippen LogP contribution in [0, 0.1) is 0 Å². The Morgan fingerprint density at radius 3 is 2.85 bits per heavy atom. The van der Waals surface area contributed by atoms with E-state index in [-0.39, 0.29) is 12.7 Å². The van der Waals surface area contributed by atoms with Crippen molar-refractivity contribution in [3.63, 3.8) is 0 Å². The van der Waals surface area contributed by atoms with Gasteiger partial charge in [-0.1, -0.05) is 19.9 Å². The summed E-state index contributed by atoms with van der Waals surface area (Å²) >= 11 is 0. The number of likely N-dealkylation sites (N-methyl/N-ethyl adjacent to an activating group) is 1. The largest absolute Gasteiger partial charge is 0.454 e. The van der Waals surface area contributed by atoms with Crippen molar-refractivity contribution in [2.75, 3.05) is 26.4 Å². The number of ether oxygens (including phenoxy) is 2. The molecule has 1 heterocycles. The predicted molar refractivity (Wildman–Crippen MR) is 76.8 cm³/mol. The number of benzene rings is 1. The third-order valence-corrected chi connectivity index (χ3v) is 3.23. The Hall–Kier alpha value is -1.75. The second kappa shape index (κ2) is 7.14. The van der Waals surface area contributed by atoms with E-state index in [1.165, 1.54) is 0 Å². The highest BCUT2D eigenvalue weighted by atomic mass is 16.7. The van der Waals surface area contributed by atoms with Crippen molar-refractivity contribution in [1.29, 1.82) is 0 Å². The van der Waals surface area contributed by atoms with Gasteiger partial charge in [0.15, 0.2) is 11.5 Å². The molecule has 0 spiro atoms. The van der Waals surface area contributed by atoms with Gasteiger partial charge in [-0.05, 0) is 30.7 Å². The van der Waals surface area contributed by atoms with Crippen LogP contribution in [0.3, 0.4) is 0 Å². The fourth-order valence-corrected chi connectivity index (χ4v) is 2.10. The van der Waals surface area contributed by atoms with E-state index >= 15 is 0 Å². The molecule has 1 aromatic rings. The molecular formula is C15H22N2O3. The van der Waals surface area contributed by atoms with Crippen LogP contribution in [0.2, 0.25) is 0 Å². The average Bonchev–Trinajstić information content (AvgIpc) is 2.91. The van der Waals surface area contributed by atoms with Gasteiger partial charge >= 0.3 is 0 Å². The standard InChI is InChI=1S/C15H22N2O3/c1-3-7-16-15(18)10-17(4-2)9-12-5-6-13-14(8-12)20-11-19-13/h5-6,8H,3-4,7,9-11H2,1-2H3,(H,16,18). The molecule has 0 atom stereocenters. The fourth-order valence-electron chi connectivity index (χ4n) is 2.10. The number of nitrogens with one attached hydrogen (secondary N) is 1. The number of hydrogen-bond donors (Lipinski definition) is 1. The van der Waals surface area contributed by atoms with E-state index in [0.29, 0.717) is 6.54 Å². The van der Waals surface area contributed by atoms with Gasteiger partial charge in [-0.2, -0.15) is 0 Å². The van der Waals surface area contributed by atoms with Gasteiger partial charge in [0.1, 0.15) is 0 Å². The fraction of sp³-hybridized carbons (Fsp3) is 0.533. The second-order valence-electron chi connectivity index (χ2n) is 4.84. The zero-order valence-corrected chi connectivity index (χ0v) is 12.1. The summed E-state index contributed by atoms with van der Waals surface area (Å²) < 4.78 is 10.7. The zero-order valence-electron chi connectivity index (χ0n) is 12.1. The van der Waals surface area contributed by atoms with Crippen LogP contribution < -0.4 is 14.8 Å². The van der Waals surface area contributed by atoms with Crippen molar-refractivity contribution in [1.82, 2.24) is 10.2 Å². The van der Waals surface area contributed by atoms with Gasteiger partial charge in [0.25, 0.3) is 0 Å². The minimum atomic E-state index is 0.0782. The molecule has 0 radical (unpaired) electrons. The molecule has 1 aromatic carbocycles. The van der Waals surface area contributed by atoms with E-state index in [1.54, 1.807) is 0 Å². The highest BCUT2D eigenvalue weighted by Gasteiger charge is 2.15. The van der Waals surface area contributed by atoms with E-state index in [1.807, 2.05) is 25.1 Å². The van der Waals surface area contributed by atoms with E-state index < -0.39 is 0 Å². The number of fused-ring (bicyclic) bond motifs is 1. The molecule has 1 N–H and O–H groups in total. The van der Waals surface area contributed by atoms with E-state index in [0.717, 1.165) is 43.1 Å². The van der Waals surface area contributed by atoms with Crippen LogP contribution in [0.25, 0.3) is 0 Å². The molecule has 110 valence electrons. The van der Waals surface area contributed by atoms with Gasteiger partial charge in [0, 0.05) is 13.1 Å². The second-order valence-corrected chi connectivity index (χ2v) is 4.84. The molecule has 0 bridgehead atoms. The monoisotopic (exact) mass is 278 g/mol. The van der Waals surface area contributed by atoms with Crippen LogP contribution in [0.5, 0.6) is 11.5 Å². The van der Waals surface area contributed by atoms with Crippen molar-refractivity contribution >= 4 is 5.91 Å². The lowest BCUT2D eigenvalue weighted by Crippen LogP contribution is -2.37. The quantitative estimate of drug-likeness (QED) is 0.826.